The van der Waals surface area contributed by atoms with Gasteiger partial charge in [-0.1, -0.05) is 240 Å². The molecule has 0 N–H and O–H groups in total. The summed E-state index contributed by atoms with van der Waals surface area (Å²) >= 11 is 3.46. The molecule has 4 aromatic heterocycles. The molecule has 92 heavy (non-hydrogen) atoms. The number of hydrogen-bond donors (Lipinski definition) is 0. The molecule has 0 amide bonds. The van der Waals surface area contributed by atoms with Crippen molar-refractivity contribution in [2.75, 3.05) is 0 Å². The highest BCUT2D eigenvalue weighted by atomic mass is 79.9. The largest absolute Gasteiger partial charge is 0.494 e. The van der Waals surface area contributed by atoms with Crippen molar-refractivity contribution < 1.29 is 9.31 Å². The molecule has 0 atom stereocenters. The second kappa shape index (κ2) is 21.9. The first-order valence-electron chi connectivity index (χ1n) is 31.5. The Labute approximate surface area is 540 Å². The molecule has 19 rings (SSSR count). The van der Waals surface area contributed by atoms with Crippen molar-refractivity contribution in [3.05, 3.63) is 296 Å². The van der Waals surface area contributed by atoms with Gasteiger partial charge in [-0.2, -0.15) is 0 Å². The van der Waals surface area contributed by atoms with Crippen LogP contribution in [0.3, 0.4) is 0 Å². The van der Waals surface area contributed by atoms with Crippen molar-refractivity contribution in [3.8, 4) is 33.4 Å². The van der Waals surface area contributed by atoms with E-state index in [-0.39, 0.29) is 11.2 Å². The molecule has 0 saturated carbocycles. The summed E-state index contributed by atoms with van der Waals surface area (Å²) in [5.41, 5.74) is 16.2. The number of benzene rings is 14. The van der Waals surface area contributed by atoms with Gasteiger partial charge in [-0.25, -0.2) is 9.97 Å². The van der Waals surface area contributed by atoms with Crippen LogP contribution in [0.4, 0.5) is 0 Å². The Kier molecular flexibility index (Phi) is 13.2. The molecule has 438 valence electrons. The molecule has 0 unspecified atom stereocenters. The highest BCUT2D eigenvalue weighted by Gasteiger charge is 2.51. The van der Waals surface area contributed by atoms with Gasteiger partial charge >= 0.3 is 7.12 Å². The Morgan fingerprint density at radius 2 is 0.674 bits per heavy atom. The lowest BCUT2D eigenvalue weighted by Gasteiger charge is -2.32. The molecule has 0 bridgehead atoms. The van der Waals surface area contributed by atoms with Gasteiger partial charge in [-0.05, 0) is 187 Å². The van der Waals surface area contributed by atoms with Crippen molar-refractivity contribution in [1.82, 2.24) is 18.8 Å². The number of hydrogen-bond acceptors (Lipinski definition) is 4. The second-order valence-corrected chi connectivity index (χ2v) is 26.2. The molecular formula is C84H60BBrN4O2. The molecule has 1 aliphatic rings. The predicted octanol–water partition coefficient (Wildman–Crippen LogP) is 21.9. The van der Waals surface area contributed by atoms with E-state index in [0.717, 1.165) is 48.8 Å². The van der Waals surface area contributed by atoms with Gasteiger partial charge in [-0.3, -0.25) is 8.80 Å². The molecule has 18 aromatic rings. The summed E-state index contributed by atoms with van der Waals surface area (Å²) in [6.07, 6.45) is 0. The van der Waals surface area contributed by atoms with Crippen molar-refractivity contribution in [1.29, 1.82) is 0 Å². The van der Waals surface area contributed by atoms with Crippen LogP contribution >= 0.6 is 15.9 Å². The van der Waals surface area contributed by atoms with Gasteiger partial charge in [-0.15, -0.1) is 0 Å². The Hall–Kier alpha value is -10.5. The molecule has 6 nitrogen and oxygen atoms in total. The van der Waals surface area contributed by atoms with Crippen molar-refractivity contribution >= 4 is 148 Å². The molecule has 1 aliphatic heterocycles. The van der Waals surface area contributed by atoms with Gasteiger partial charge in [0, 0.05) is 26.0 Å². The smallest absolute Gasteiger partial charge is 0.399 e. The van der Waals surface area contributed by atoms with E-state index in [0.29, 0.717) is 0 Å². The average Bonchev–Trinajstić information content (AvgIpc) is 1.55. The maximum absolute atomic E-state index is 6.38. The van der Waals surface area contributed by atoms with Crippen LogP contribution in [-0.4, -0.2) is 37.1 Å². The minimum absolute atomic E-state index is 0.380. The van der Waals surface area contributed by atoms with Crippen LogP contribution in [0.25, 0.3) is 153 Å². The molecule has 8 heteroatoms. The first-order chi connectivity index (χ1) is 45.0. The molecule has 5 heterocycles. The van der Waals surface area contributed by atoms with Crippen molar-refractivity contribution in [2.45, 2.75) is 38.9 Å². The maximum Gasteiger partial charge on any atom is 0.494 e. The maximum atomic E-state index is 6.38. The molecule has 1 fully saturated rings. The second-order valence-electron chi connectivity index (χ2n) is 25.2. The quantitative estimate of drug-likeness (QED) is 0.130. The molecule has 1 saturated heterocycles. The zero-order chi connectivity index (χ0) is 61.8. The van der Waals surface area contributed by atoms with Crippen LogP contribution in [0, 0.1) is 0 Å². The molecule has 0 aliphatic carbocycles. The summed E-state index contributed by atoms with van der Waals surface area (Å²) in [7, 11) is -0.403. The number of para-hydroxylation sites is 4. The number of fused-ring (bicyclic) bond motifs is 22. The average molecular weight is 1250 g/mol. The van der Waals surface area contributed by atoms with E-state index < -0.39 is 7.12 Å². The number of rotatable bonds is 4. The highest BCUT2D eigenvalue weighted by molar-refractivity contribution is 9.10. The predicted molar refractivity (Wildman–Crippen MR) is 392 cm³/mol. The summed E-state index contributed by atoms with van der Waals surface area (Å²) in [4.78, 5) is 10.2. The Balaban J connectivity index is 0.000000114. The molecule has 0 spiro atoms. The molecular weight excluding hydrogens is 1190 g/mol. The van der Waals surface area contributed by atoms with Crippen LogP contribution in [-0.2, 0) is 9.31 Å². The van der Waals surface area contributed by atoms with E-state index in [1.807, 2.05) is 6.07 Å². The van der Waals surface area contributed by atoms with Gasteiger partial charge in [0.25, 0.3) is 0 Å². The van der Waals surface area contributed by atoms with E-state index >= 15 is 0 Å². The summed E-state index contributed by atoms with van der Waals surface area (Å²) in [5, 5.41) is 17.2. The summed E-state index contributed by atoms with van der Waals surface area (Å²) < 4.78 is 18.5. The third-order valence-corrected chi connectivity index (χ3v) is 19.8. The van der Waals surface area contributed by atoms with Gasteiger partial charge in [0.2, 0.25) is 0 Å². The minimum atomic E-state index is -0.403. The first kappa shape index (κ1) is 55.6. The van der Waals surface area contributed by atoms with Crippen LogP contribution in [0.1, 0.15) is 27.7 Å². The number of pyridine rings is 2. The standard InChI is InChI=1S/C39H24N2.C29H25BN2O2.C16H11Br/c1-2-9-29-23-30(18-17-25(29)7-1)26-13-15-27(16-14-26)31-20-22-36-34(24-31)33-21-19-28-8-3-4-10-32(28)38(33)39-40-35-11-5-6-12-37(35)41(36)39;1-28(2)29(3,4)34-30(33-28)19-14-16-24-22(17-19)21-15-13-18-9-5-6-10-20(18)26(21)27-31-23-11-7-8-12-25(23)32(24)27;17-16-9-7-13(8-10-16)15-6-5-12-3-1-2-4-14(12)11-15/h1-24H;5-17H,1-4H3;1-11H. The van der Waals surface area contributed by atoms with Crippen LogP contribution in [0.15, 0.2) is 296 Å². The van der Waals surface area contributed by atoms with Crippen LogP contribution in [0.5, 0.6) is 0 Å². The topological polar surface area (TPSA) is 53.1 Å². The number of nitrogens with zero attached hydrogens (tertiary/aromatic N) is 4. The molecule has 0 radical (unpaired) electrons. The van der Waals surface area contributed by atoms with Crippen LogP contribution in [0.2, 0.25) is 0 Å². The summed E-state index contributed by atoms with van der Waals surface area (Å²) in [6, 6.07) is 104. The molecule has 14 aromatic carbocycles. The number of imidazole rings is 2. The van der Waals surface area contributed by atoms with Gasteiger partial charge in [0.05, 0.1) is 44.3 Å². The lowest BCUT2D eigenvalue weighted by Crippen LogP contribution is -2.41. The van der Waals surface area contributed by atoms with E-state index in [2.05, 4.69) is 338 Å². The third-order valence-electron chi connectivity index (χ3n) is 19.3. The number of aromatic nitrogens is 4. The van der Waals surface area contributed by atoms with Crippen molar-refractivity contribution in [2.24, 2.45) is 0 Å². The van der Waals surface area contributed by atoms with E-state index in [1.54, 1.807) is 0 Å². The lowest BCUT2D eigenvalue weighted by molar-refractivity contribution is 0.00578. The first-order valence-corrected chi connectivity index (χ1v) is 32.3. The Bertz CT molecular complexity index is 5980. The van der Waals surface area contributed by atoms with Crippen molar-refractivity contribution in [3.63, 3.8) is 0 Å². The normalized spacial score (nSPS) is 13.8. The highest BCUT2D eigenvalue weighted by Crippen LogP contribution is 2.42. The van der Waals surface area contributed by atoms with E-state index in [1.165, 1.54) is 114 Å². The lowest BCUT2D eigenvalue weighted by atomic mass is 9.78. The summed E-state index contributed by atoms with van der Waals surface area (Å²) in [5.74, 6) is 0. The van der Waals surface area contributed by atoms with Gasteiger partial charge in [0.15, 0.2) is 0 Å². The zero-order valence-corrected chi connectivity index (χ0v) is 52.9. The fraction of sp³-hybridized carbons (Fsp3) is 0.0714. The SMILES string of the molecule is Brc1ccc(-c2ccc3ccccc3c2)cc1.CC1(C)OB(c2ccc3c(c2)c2ccc4ccccc4c2c2nc4ccccc4n32)OC1(C)C.c1ccc2cc(-c3ccc(-c4ccc5c(c4)c4ccc6ccccc6c4c4nc6ccccc6n54)cc3)ccc2c1. The monoisotopic (exact) mass is 1250 g/mol. The van der Waals surface area contributed by atoms with Gasteiger partial charge < -0.3 is 9.31 Å². The summed E-state index contributed by atoms with van der Waals surface area (Å²) in [6.45, 7) is 8.38. The van der Waals surface area contributed by atoms with E-state index in [9.17, 15) is 0 Å². The minimum Gasteiger partial charge on any atom is -0.399 e. The fourth-order valence-electron chi connectivity index (χ4n) is 13.8. The van der Waals surface area contributed by atoms with E-state index in [4.69, 9.17) is 19.3 Å². The Morgan fingerprint density at radius 3 is 1.17 bits per heavy atom. The third kappa shape index (κ3) is 9.39. The van der Waals surface area contributed by atoms with Gasteiger partial charge in [0.1, 0.15) is 11.3 Å². The van der Waals surface area contributed by atoms with Crippen LogP contribution < -0.4 is 5.46 Å². The Morgan fingerprint density at radius 1 is 0.304 bits per heavy atom. The number of halogens is 1. The fourth-order valence-corrected chi connectivity index (χ4v) is 14.1. The zero-order valence-electron chi connectivity index (χ0n) is 51.3.